The number of nitrogens with zero attached hydrogens (tertiary/aromatic N) is 3. The zero-order chi connectivity index (χ0) is 23.2. The quantitative estimate of drug-likeness (QED) is 0.515. The van der Waals surface area contributed by atoms with Crippen LogP contribution < -0.4 is 11.1 Å². The van der Waals surface area contributed by atoms with Crippen LogP contribution in [-0.4, -0.2) is 40.2 Å². The van der Waals surface area contributed by atoms with Gasteiger partial charge in [0.05, 0.1) is 24.5 Å². The molecule has 0 aliphatic carbocycles. The van der Waals surface area contributed by atoms with Crippen molar-refractivity contribution >= 4 is 17.2 Å². The Balaban J connectivity index is 1.33. The number of hydrogen-bond acceptors (Lipinski definition) is 4. The standard InChI is InChI=1S/C27H33N5O/c1-20(2)15-26-17-24(30-32(26)25-9-4-3-5-10-25)18-29-27(33)19-31-13-11-21(12-14-31)22-7-6-8-23(28)16-22/h3-11,16-17,20H,12-15,18-19,28H2,1-2H3,(H,29,33). The lowest BCUT2D eigenvalue weighted by Crippen LogP contribution is -2.39. The molecular formula is C27H33N5O. The molecular weight excluding hydrogens is 410 g/mol. The molecule has 3 N–H and O–H groups in total. The van der Waals surface area contributed by atoms with Crippen LogP contribution in [0.1, 0.15) is 37.2 Å². The highest BCUT2D eigenvalue weighted by Gasteiger charge is 2.17. The van der Waals surface area contributed by atoms with E-state index in [1.54, 1.807) is 0 Å². The highest BCUT2D eigenvalue weighted by atomic mass is 16.2. The van der Waals surface area contributed by atoms with Gasteiger partial charge in [-0.3, -0.25) is 9.69 Å². The van der Waals surface area contributed by atoms with Crippen molar-refractivity contribution in [1.29, 1.82) is 0 Å². The van der Waals surface area contributed by atoms with Crippen LogP contribution in [0.5, 0.6) is 0 Å². The van der Waals surface area contributed by atoms with Crippen LogP contribution in [0, 0.1) is 5.92 Å². The lowest BCUT2D eigenvalue weighted by Gasteiger charge is -2.26. The number of nitrogen functional groups attached to an aromatic ring is 1. The van der Waals surface area contributed by atoms with Crippen LogP contribution in [0.25, 0.3) is 11.3 Å². The summed E-state index contributed by atoms with van der Waals surface area (Å²) in [4.78, 5) is 14.8. The molecule has 0 saturated heterocycles. The molecule has 6 nitrogen and oxygen atoms in total. The Hall–Kier alpha value is -3.38. The number of anilines is 1. The van der Waals surface area contributed by atoms with Crippen LogP contribution in [0.3, 0.4) is 0 Å². The second-order valence-corrected chi connectivity index (χ2v) is 9.09. The number of hydrogen-bond donors (Lipinski definition) is 2. The fourth-order valence-corrected chi connectivity index (χ4v) is 4.22. The number of rotatable bonds is 8. The molecule has 172 valence electrons. The maximum absolute atomic E-state index is 12.6. The number of para-hydroxylation sites is 1. The smallest absolute Gasteiger partial charge is 0.234 e. The Morgan fingerprint density at radius 1 is 1.12 bits per heavy atom. The molecule has 0 atom stereocenters. The van der Waals surface area contributed by atoms with Gasteiger partial charge in [-0.05, 0) is 60.2 Å². The fourth-order valence-electron chi connectivity index (χ4n) is 4.22. The first-order chi connectivity index (χ1) is 16.0. The molecule has 6 heteroatoms. The maximum Gasteiger partial charge on any atom is 0.234 e. The summed E-state index contributed by atoms with van der Waals surface area (Å²) in [5.74, 6) is 0.548. The number of carbonyl (C=O) groups excluding carboxylic acids is 1. The summed E-state index contributed by atoms with van der Waals surface area (Å²) in [7, 11) is 0. The molecule has 3 aromatic rings. The Labute approximate surface area is 196 Å². The molecule has 1 aliphatic heterocycles. The molecule has 0 bridgehead atoms. The number of aromatic nitrogens is 2. The minimum Gasteiger partial charge on any atom is -0.399 e. The number of amides is 1. The number of nitrogens with one attached hydrogen (secondary N) is 1. The van der Waals surface area contributed by atoms with Gasteiger partial charge in [0.25, 0.3) is 0 Å². The van der Waals surface area contributed by atoms with E-state index in [4.69, 9.17) is 10.8 Å². The van der Waals surface area contributed by atoms with E-state index in [-0.39, 0.29) is 5.91 Å². The van der Waals surface area contributed by atoms with Gasteiger partial charge in [-0.1, -0.05) is 50.3 Å². The van der Waals surface area contributed by atoms with Gasteiger partial charge in [0.2, 0.25) is 5.91 Å². The van der Waals surface area contributed by atoms with Crippen molar-refractivity contribution in [3.8, 4) is 5.69 Å². The lowest BCUT2D eigenvalue weighted by atomic mass is 9.99. The van der Waals surface area contributed by atoms with Gasteiger partial charge in [-0.25, -0.2) is 4.68 Å². The summed E-state index contributed by atoms with van der Waals surface area (Å²) >= 11 is 0. The third-order valence-electron chi connectivity index (χ3n) is 5.84. The average molecular weight is 444 g/mol. The molecule has 1 amide bonds. The molecule has 0 radical (unpaired) electrons. The zero-order valence-corrected chi connectivity index (χ0v) is 19.5. The second kappa shape index (κ2) is 10.5. The lowest BCUT2D eigenvalue weighted by molar-refractivity contribution is -0.122. The van der Waals surface area contributed by atoms with Crippen molar-refractivity contribution in [3.05, 3.63) is 83.7 Å². The number of carbonyl (C=O) groups is 1. The highest BCUT2D eigenvalue weighted by molar-refractivity contribution is 5.78. The first-order valence-electron chi connectivity index (χ1n) is 11.6. The van der Waals surface area contributed by atoms with Gasteiger partial charge < -0.3 is 11.1 Å². The van der Waals surface area contributed by atoms with Crippen LogP contribution >= 0.6 is 0 Å². The summed E-state index contributed by atoms with van der Waals surface area (Å²) in [5, 5.41) is 7.82. The van der Waals surface area contributed by atoms with Crippen molar-refractivity contribution in [3.63, 3.8) is 0 Å². The van der Waals surface area contributed by atoms with E-state index in [0.717, 1.165) is 48.7 Å². The Bertz CT molecular complexity index is 1120. The SMILES string of the molecule is CC(C)Cc1cc(CNC(=O)CN2CC=C(c3cccc(N)c3)CC2)nn1-c1ccccc1. The van der Waals surface area contributed by atoms with Gasteiger partial charge in [0.15, 0.2) is 0 Å². The largest absolute Gasteiger partial charge is 0.399 e. The van der Waals surface area contributed by atoms with E-state index in [9.17, 15) is 4.79 Å². The highest BCUT2D eigenvalue weighted by Crippen LogP contribution is 2.23. The van der Waals surface area contributed by atoms with Crippen molar-refractivity contribution in [2.24, 2.45) is 5.92 Å². The van der Waals surface area contributed by atoms with Gasteiger partial charge >= 0.3 is 0 Å². The summed E-state index contributed by atoms with van der Waals surface area (Å²) in [6.07, 6.45) is 4.05. The second-order valence-electron chi connectivity index (χ2n) is 9.09. The molecule has 2 aromatic carbocycles. The molecule has 2 heterocycles. The van der Waals surface area contributed by atoms with E-state index in [0.29, 0.717) is 19.0 Å². The fraction of sp³-hybridized carbons (Fsp3) is 0.333. The third-order valence-corrected chi connectivity index (χ3v) is 5.84. The van der Waals surface area contributed by atoms with E-state index < -0.39 is 0 Å². The normalized spacial score (nSPS) is 14.3. The van der Waals surface area contributed by atoms with E-state index in [1.165, 1.54) is 11.1 Å². The minimum atomic E-state index is 0.0236. The number of benzene rings is 2. The van der Waals surface area contributed by atoms with Crippen molar-refractivity contribution in [2.45, 2.75) is 33.2 Å². The number of nitrogens with two attached hydrogens (primary N) is 1. The van der Waals surface area contributed by atoms with Gasteiger partial charge in [0.1, 0.15) is 0 Å². The summed E-state index contributed by atoms with van der Waals surface area (Å²) in [6, 6.07) is 20.2. The Kier molecular flexibility index (Phi) is 7.25. The van der Waals surface area contributed by atoms with Crippen LogP contribution in [-0.2, 0) is 17.8 Å². The average Bonchev–Trinajstić information content (AvgIpc) is 3.21. The maximum atomic E-state index is 12.6. The van der Waals surface area contributed by atoms with Gasteiger partial charge in [0, 0.05) is 24.5 Å². The van der Waals surface area contributed by atoms with E-state index >= 15 is 0 Å². The zero-order valence-electron chi connectivity index (χ0n) is 19.5. The summed E-state index contributed by atoms with van der Waals surface area (Å²) in [6.45, 7) is 6.85. The predicted molar refractivity (Wildman–Crippen MR) is 134 cm³/mol. The molecule has 0 saturated carbocycles. The third kappa shape index (κ3) is 6.11. The molecule has 0 unspecified atom stereocenters. The van der Waals surface area contributed by atoms with E-state index in [1.807, 2.05) is 41.1 Å². The predicted octanol–water partition coefficient (Wildman–Crippen LogP) is 4.06. The molecule has 33 heavy (non-hydrogen) atoms. The molecule has 1 aliphatic rings. The van der Waals surface area contributed by atoms with Crippen molar-refractivity contribution < 1.29 is 4.79 Å². The molecule has 0 fully saturated rings. The Morgan fingerprint density at radius 3 is 2.64 bits per heavy atom. The molecule has 4 rings (SSSR count). The molecule has 1 aromatic heterocycles. The first-order valence-corrected chi connectivity index (χ1v) is 11.6. The summed E-state index contributed by atoms with van der Waals surface area (Å²) < 4.78 is 1.99. The van der Waals surface area contributed by atoms with Crippen molar-refractivity contribution in [2.75, 3.05) is 25.4 Å². The Morgan fingerprint density at radius 2 is 1.94 bits per heavy atom. The van der Waals surface area contributed by atoms with Crippen LogP contribution in [0.15, 0.2) is 66.7 Å². The monoisotopic (exact) mass is 443 g/mol. The van der Waals surface area contributed by atoms with Crippen LogP contribution in [0.2, 0.25) is 0 Å². The van der Waals surface area contributed by atoms with Crippen molar-refractivity contribution in [1.82, 2.24) is 20.0 Å². The van der Waals surface area contributed by atoms with Crippen LogP contribution in [0.4, 0.5) is 5.69 Å². The minimum absolute atomic E-state index is 0.0236. The topological polar surface area (TPSA) is 76.2 Å². The molecule has 0 spiro atoms. The van der Waals surface area contributed by atoms with Gasteiger partial charge in [-0.2, -0.15) is 5.10 Å². The van der Waals surface area contributed by atoms with E-state index in [2.05, 4.69) is 54.4 Å². The summed E-state index contributed by atoms with van der Waals surface area (Å²) in [5.41, 5.74) is 12.2. The first kappa shape index (κ1) is 22.8. The van der Waals surface area contributed by atoms with Gasteiger partial charge in [-0.15, -0.1) is 0 Å².